The third kappa shape index (κ3) is 6.67. The van der Waals surface area contributed by atoms with Crippen molar-refractivity contribution in [2.24, 2.45) is 4.99 Å². The van der Waals surface area contributed by atoms with Gasteiger partial charge in [-0.1, -0.05) is 43.3 Å². The van der Waals surface area contributed by atoms with Crippen LogP contribution in [0.4, 0.5) is 0 Å². The lowest BCUT2D eigenvalue weighted by molar-refractivity contribution is 0.127. The molecule has 1 saturated heterocycles. The second-order valence-corrected chi connectivity index (χ2v) is 7.39. The lowest BCUT2D eigenvalue weighted by Gasteiger charge is -2.40. The number of hydrogen-bond donors (Lipinski definition) is 1. The molecule has 2 aromatic rings. The first kappa shape index (κ1) is 23.6. The number of hydrogen-bond acceptors (Lipinski definition) is 3. The van der Waals surface area contributed by atoms with E-state index < -0.39 is 0 Å². The Kier molecular flexibility index (Phi) is 9.87. The van der Waals surface area contributed by atoms with Gasteiger partial charge in [0.2, 0.25) is 0 Å². The molecule has 6 heteroatoms. The molecule has 1 fully saturated rings. The van der Waals surface area contributed by atoms with Crippen molar-refractivity contribution in [3.05, 3.63) is 65.5 Å². The number of rotatable bonds is 6. The highest BCUT2D eigenvalue weighted by Gasteiger charge is 2.25. The van der Waals surface area contributed by atoms with Crippen molar-refractivity contribution in [3.63, 3.8) is 0 Å². The van der Waals surface area contributed by atoms with Gasteiger partial charge in [-0.2, -0.15) is 0 Å². The molecular weight excluding hydrogens is 473 g/mol. The molecule has 0 bridgehead atoms. The number of benzene rings is 1. The van der Waals surface area contributed by atoms with Crippen LogP contribution in [0.5, 0.6) is 0 Å². The first-order valence-electron chi connectivity index (χ1n) is 10.4. The van der Waals surface area contributed by atoms with Crippen molar-refractivity contribution in [2.75, 3.05) is 39.8 Å². The largest absolute Gasteiger partial charge is 0.356 e. The molecule has 29 heavy (non-hydrogen) atoms. The zero-order valence-electron chi connectivity index (χ0n) is 17.8. The maximum absolute atomic E-state index is 4.50. The number of aliphatic imine (C=N–C) groups is 1. The first-order chi connectivity index (χ1) is 13.7. The summed E-state index contributed by atoms with van der Waals surface area (Å²) in [6.45, 7) is 9.32. The highest BCUT2D eigenvalue weighted by atomic mass is 127. The average Bonchev–Trinajstić information content (AvgIpc) is 2.75. The van der Waals surface area contributed by atoms with Gasteiger partial charge in [-0.05, 0) is 37.0 Å². The number of piperazine rings is 1. The summed E-state index contributed by atoms with van der Waals surface area (Å²) in [5.74, 6) is 1.01. The Hall–Kier alpha value is -1.67. The minimum absolute atomic E-state index is 0. The van der Waals surface area contributed by atoms with Crippen molar-refractivity contribution < 1.29 is 0 Å². The maximum atomic E-state index is 4.50. The van der Waals surface area contributed by atoms with Gasteiger partial charge in [0.25, 0.3) is 0 Å². The molecule has 0 saturated carbocycles. The van der Waals surface area contributed by atoms with Crippen LogP contribution in [0.1, 0.15) is 36.2 Å². The topological polar surface area (TPSA) is 43.8 Å². The SMILES string of the molecule is CCC(c1ccccc1)N1CCN(C(=NC)NCCc2ccc(C)nc2)CC1.I. The molecule has 1 unspecified atom stereocenters. The molecule has 0 radical (unpaired) electrons. The molecule has 1 aliphatic rings. The Morgan fingerprint density at radius 2 is 1.83 bits per heavy atom. The Balaban J connectivity index is 0.00000300. The van der Waals surface area contributed by atoms with E-state index in [9.17, 15) is 0 Å². The van der Waals surface area contributed by atoms with E-state index in [1.54, 1.807) is 0 Å². The third-order valence-electron chi connectivity index (χ3n) is 5.51. The summed E-state index contributed by atoms with van der Waals surface area (Å²) in [5.41, 5.74) is 3.74. The minimum atomic E-state index is 0. The zero-order valence-corrected chi connectivity index (χ0v) is 20.2. The van der Waals surface area contributed by atoms with Gasteiger partial charge < -0.3 is 10.2 Å². The van der Waals surface area contributed by atoms with E-state index in [-0.39, 0.29) is 24.0 Å². The Morgan fingerprint density at radius 1 is 1.10 bits per heavy atom. The van der Waals surface area contributed by atoms with E-state index in [0.717, 1.165) is 57.2 Å². The van der Waals surface area contributed by atoms with Gasteiger partial charge in [-0.3, -0.25) is 14.9 Å². The van der Waals surface area contributed by atoms with Crippen molar-refractivity contribution in [1.82, 2.24) is 20.1 Å². The number of aryl methyl sites for hydroxylation is 1. The fraction of sp³-hybridized carbons (Fsp3) is 0.478. The Bertz CT molecular complexity index is 740. The molecule has 1 atom stereocenters. The van der Waals surface area contributed by atoms with E-state index in [4.69, 9.17) is 0 Å². The van der Waals surface area contributed by atoms with E-state index in [2.05, 4.69) is 74.5 Å². The number of halogens is 1. The van der Waals surface area contributed by atoms with Crippen LogP contribution in [0.2, 0.25) is 0 Å². The summed E-state index contributed by atoms with van der Waals surface area (Å²) in [5, 5.41) is 3.52. The maximum Gasteiger partial charge on any atom is 0.193 e. The Morgan fingerprint density at radius 3 is 2.41 bits per heavy atom. The van der Waals surface area contributed by atoms with Crippen LogP contribution < -0.4 is 5.32 Å². The normalized spacial score (nSPS) is 16.2. The van der Waals surface area contributed by atoms with Crippen LogP contribution in [0.25, 0.3) is 0 Å². The number of nitrogens with one attached hydrogen (secondary N) is 1. The summed E-state index contributed by atoms with van der Waals surface area (Å²) in [6.07, 6.45) is 4.06. The Labute approximate surface area is 192 Å². The fourth-order valence-corrected chi connectivity index (χ4v) is 3.92. The van der Waals surface area contributed by atoms with Crippen molar-refractivity contribution >= 4 is 29.9 Å². The van der Waals surface area contributed by atoms with Crippen LogP contribution >= 0.6 is 24.0 Å². The predicted octanol–water partition coefficient (Wildman–Crippen LogP) is 3.89. The van der Waals surface area contributed by atoms with Gasteiger partial charge in [0.1, 0.15) is 0 Å². The summed E-state index contributed by atoms with van der Waals surface area (Å²) >= 11 is 0. The fourth-order valence-electron chi connectivity index (χ4n) is 3.92. The monoisotopic (exact) mass is 507 g/mol. The summed E-state index contributed by atoms with van der Waals surface area (Å²) < 4.78 is 0. The molecule has 158 valence electrons. The van der Waals surface area contributed by atoms with Gasteiger partial charge in [0, 0.05) is 57.7 Å². The van der Waals surface area contributed by atoms with Crippen molar-refractivity contribution in [2.45, 2.75) is 32.7 Å². The molecule has 0 spiro atoms. The number of pyridine rings is 1. The predicted molar refractivity (Wildman–Crippen MR) is 132 cm³/mol. The minimum Gasteiger partial charge on any atom is -0.356 e. The van der Waals surface area contributed by atoms with E-state index in [1.807, 2.05) is 20.2 Å². The van der Waals surface area contributed by atoms with Gasteiger partial charge in [0.15, 0.2) is 5.96 Å². The zero-order chi connectivity index (χ0) is 19.8. The van der Waals surface area contributed by atoms with E-state index in [1.165, 1.54) is 11.1 Å². The molecular formula is C23H34IN5. The lowest BCUT2D eigenvalue weighted by Crippen LogP contribution is -2.53. The van der Waals surface area contributed by atoms with Crippen molar-refractivity contribution in [1.29, 1.82) is 0 Å². The molecule has 1 N–H and O–H groups in total. The molecule has 0 amide bonds. The summed E-state index contributed by atoms with van der Waals surface area (Å²) in [6, 6.07) is 15.6. The van der Waals surface area contributed by atoms with Gasteiger partial charge in [-0.25, -0.2) is 0 Å². The van der Waals surface area contributed by atoms with E-state index in [0.29, 0.717) is 6.04 Å². The highest BCUT2D eigenvalue weighted by Crippen LogP contribution is 2.25. The van der Waals surface area contributed by atoms with Gasteiger partial charge in [-0.15, -0.1) is 24.0 Å². The van der Waals surface area contributed by atoms with E-state index >= 15 is 0 Å². The highest BCUT2D eigenvalue weighted by molar-refractivity contribution is 14.0. The molecule has 0 aliphatic carbocycles. The number of nitrogens with zero attached hydrogens (tertiary/aromatic N) is 4. The third-order valence-corrected chi connectivity index (χ3v) is 5.51. The van der Waals surface area contributed by atoms with Crippen LogP contribution in [-0.4, -0.2) is 60.5 Å². The summed E-state index contributed by atoms with van der Waals surface area (Å²) in [4.78, 5) is 13.9. The van der Waals surface area contributed by atoms with Crippen LogP contribution in [0.15, 0.2) is 53.7 Å². The molecule has 3 rings (SSSR count). The smallest absolute Gasteiger partial charge is 0.193 e. The van der Waals surface area contributed by atoms with Crippen LogP contribution in [0.3, 0.4) is 0 Å². The quantitative estimate of drug-likeness (QED) is 0.366. The molecule has 2 heterocycles. The molecule has 1 aromatic carbocycles. The summed E-state index contributed by atoms with van der Waals surface area (Å²) in [7, 11) is 1.88. The molecule has 1 aromatic heterocycles. The number of aromatic nitrogens is 1. The van der Waals surface area contributed by atoms with Gasteiger partial charge in [0.05, 0.1) is 0 Å². The standard InChI is InChI=1S/C23H33N5.HI/c1-4-22(21-8-6-5-7-9-21)27-14-16-28(17-15-27)23(24-3)25-13-12-20-11-10-19(2)26-18-20;/h5-11,18,22H,4,12-17H2,1-3H3,(H,24,25);1H. The van der Waals surface area contributed by atoms with Crippen molar-refractivity contribution in [3.8, 4) is 0 Å². The second kappa shape index (κ2) is 12.1. The average molecular weight is 507 g/mol. The molecule has 1 aliphatic heterocycles. The second-order valence-electron chi connectivity index (χ2n) is 7.39. The van der Waals surface area contributed by atoms with Gasteiger partial charge >= 0.3 is 0 Å². The first-order valence-corrected chi connectivity index (χ1v) is 10.4. The van der Waals surface area contributed by atoms with Crippen LogP contribution in [-0.2, 0) is 6.42 Å². The lowest BCUT2D eigenvalue weighted by atomic mass is 10.0. The molecule has 5 nitrogen and oxygen atoms in total. The number of guanidine groups is 1. The van der Waals surface area contributed by atoms with Crippen LogP contribution in [0, 0.1) is 6.92 Å².